The normalized spacial score (nSPS) is 10.8. The third kappa shape index (κ3) is 4.10. The number of aryl methyl sites for hydroxylation is 1. The van der Waals surface area contributed by atoms with Crippen molar-refractivity contribution in [1.82, 2.24) is 9.78 Å². The van der Waals surface area contributed by atoms with Crippen molar-refractivity contribution in [3.8, 4) is 0 Å². The van der Waals surface area contributed by atoms with Crippen LogP contribution in [0.15, 0.2) is 65.2 Å². The van der Waals surface area contributed by atoms with Gasteiger partial charge in [-0.05, 0) is 17.7 Å². The van der Waals surface area contributed by atoms with E-state index in [1.807, 2.05) is 48.3 Å². The minimum Gasteiger partial charge on any atom is -1.00 e. The Hall–Kier alpha value is -2.44. The van der Waals surface area contributed by atoms with Crippen molar-refractivity contribution < 1.29 is 17.0 Å². The molecule has 0 aliphatic rings. The van der Waals surface area contributed by atoms with E-state index in [0.29, 0.717) is 28.8 Å². The minimum absolute atomic E-state index is 0. The summed E-state index contributed by atoms with van der Waals surface area (Å²) in [5.74, 6) is 0.467. The zero-order valence-corrected chi connectivity index (χ0v) is 14.5. The summed E-state index contributed by atoms with van der Waals surface area (Å²) < 4.78 is 3.66. The molecule has 2 aromatic heterocycles. The number of pyridine rings is 1. The van der Waals surface area contributed by atoms with Gasteiger partial charge in [0.25, 0.3) is 0 Å². The minimum atomic E-state index is 0. The molecule has 0 saturated heterocycles. The molecule has 3 aromatic rings. The Kier molecular flexibility index (Phi) is 5.89. The highest BCUT2D eigenvalue weighted by Crippen LogP contribution is 2.28. The van der Waals surface area contributed by atoms with Gasteiger partial charge in [-0.1, -0.05) is 23.7 Å². The molecule has 0 amide bonds. The fraction of sp³-hybridized carbons (Fsp3) is 0.125. The smallest absolute Gasteiger partial charge is 0.168 e. The van der Waals surface area contributed by atoms with E-state index in [9.17, 15) is 0 Å². The van der Waals surface area contributed by atoms with Crippen molar-refractivity contribution in [1.29, 1.82) is 0 Å². The molecule has 0 atom stereocenters. The fourth-order valence-corrected chi connectivity index (χ4v) is 2.21. The zero-order chi connectivity index (χ0) is 16.2. The number of benzene rings is 1. The molecule has 0 aliphatic carbocycles. The second-order valence-electron chi connectivity index (χ2n) is 5.10. The first-order valence-corrected chi connectivity index (χ1v) is 7.43. The number of hydrogen-bond acceptors (Lipinski definition) is 4. The van der Waals surface area contributed by atoms with E-state index in [1.54, 1.807) is 23.0 Å². The van der Waals surface area contributed by atoms with Gasteiger partial charge in [0.1, 0.15) is 24.2 Å². The summed E-state index contributed by atoms with van der Waals surface area (Å²) in [5, 5.41) is 13.1. The summed E-state index contributed by atoms with van der Waals surface area (Å²) >= 11 is 6.05. The van der Waals surface area contributed by atoms with Crippen LogP contribution in [0.2, 0.25) is 5.02 Å². The quantitative estimate of drug-likeness (QED) is 0.539. The molecule has 0 unspecified atom stereocenters. The van der Waals surface area contributed by atoms with E-state index in [1.165, 1.54) is 0 Å². The van der Waals surface area contributed by atoms with E-state index < -0.39 is 0 Å². The Morgan fingerprint density at radius 3 is 2.50 bits per heavy atom. The third-order valence-corrected chi connectivity index (χ3v) is 3.68. The van der Waals surface area contributed by atoms with Crippen molar-refractivity contribution >= 4 is 28.8 Å². The number of rotatable bonds is 4. The van der Waals surface area contributed by atoms with E-state index in [-0.39, 0.29) is 12.4 Å². The Morgan fingerprint density at radius 1 is 1.12 bits per heavy atom. The molecule has 0 aliphatic heterocycles. The summed E-state index contributed by atoms with van der Waals surface area (Å²) in [6.45, 7) is 0.578. The summed E-state index contributed by atoms with van der Waals surface area (Å²) in [7, 11) is 1.97. The van der Waals surface area contributed by atoms with Gasteiger partial charge in [-0.15, -0.1) is 10.2 Å². The molecule has 0 saturated carbocycles. The van der Waals surface area contributed by atoms with Crippen LogP contribution in [0.25, 0.3) is 0 Å². The topological polar surface area (TPSA) is 72.4 Å². The summed E-state index contributed by atoms with van der Waals surface area (Å²) in [4.78, 5) is 0. The second-order valence-corrected chi connectivity index (χ2v) is 5.50. The van der Waals surface area contributed by atoms with Crippen LogP contribution in [0.3, 0.4) is 0 Å². The van der Waals surface area contributed by atoms with Gasteiger partial charge in [0.2, 0.25) is 0 Å². The molecule has 24 heavy (non-hydrogen) atoms. The van der Waals surface area contributed by atoms with E-state index in [2.05, 4.69) is 15.3 Å². The van der Waals surface area contributed by atoms with Crippen molar-refractivity contribution in [2.24, 2.45) is 17.3 Å². The van der Waals surface area contributed by atoms with Crippen LogP contribution in [-0.2, 0) is 13.6 Å². The number of azo groups is 1. The number of halogens is 2. The average molecular weight is 363 g/mol. The van der Waals surface area contributed by atoms with Gasteiger partial charge in [0, 0.05) is 12.1 Å². The lowest BCUT2D eigenvalue weighted by Crippen LogP contribution is -3.00. The Morgan fingerprint density at radius 2 is 1.79 bits per heavy atom. The molecule has 6 nitrogen and oxygen atoms in total. The summed E-state index contributed by atoms with van der Waals surface area (Å²) in [6.07, 6.45) is 5.55. The molecule has 0 bridgehead atoms. The highest BCUT2D eigenvalue weighted by atomic mass is 35.5. The van der Waals surface area contributed by atoms with Gasteiger partial charge in [-0.25, -0.2) is 9.25 Å². The Labute approximate surface area is 151 Å². The van der Waals surface area contributed by atoms with Crippen molar-refractivity contribution in [3.63, 3.8) is 0 Å². The lowest BCUT2D eigenvalue weighted by atomic mass is 10.3. The maximum absolute atomic E-state index is 6.09. The lowest BCUT2D eigenvalue weighted by molar-refractivity contribution is -0.671. The number of nitrogens with zero attached hydrogens (tertiary/aromatic N) is 5. The number of hydrogen-bond donors (Lipinski definition) is 1. The van der Waals surface area contributed by atoms with Crippen LogP contribution in [0, 0.1) is 0 Å². The highest BCUT2D eigenvalue weighted by molar-refractivity contribution is 6.32. The number of nitrogens with two attached hydrogens (primary N) is 1. The SMILES string of the molecule is C[n+]1ccc(Cn2ncc(/N=N/c3ccccc3Cl)c2N)cc1.[Cl-]. The molecular formula is C16H16Cl2N6. The monoisotopic (exact) mass is 362 g/mol. The predicted molar refractivity (Wildman–Crippen MR) is 89.0 cm³/mol. The van der Waals surface area contributed by atoms with Crippen LogP contribution in [0.1, 0.15) is 5.56 Å². The lowest BCUT2D eigenvalue weighted by Gasteiger charge is -2.03. The first-order valence-electron chi connectivity index (χ1n) is 7.05. The second kappa shape index (κ2) is 7.90. The molecule has 3 rings (SSSR count). The van der Waals surface area contributed by atoms with Crippen LogP contribution in [0.5, 0.6) is 0 Å². The molecule has 2 N–H and O–H groups in total. The molecule has 124 valence electrons. The Bertz CT molecular complexity index is 842. The van der Waals surface area contributed by atoms with E-state index in [0.717, 1.165) is 5.56 Å². The van der Waals surface area contributed by atoms with E-state index in [4.69, 9.17) is 17.3 Å². The molecule has 1 aromatic carbocycles. The largest absolute Gasteiger partial charge is 1.00 e. The van der Waals surface area contributed by atoms with Gasteiger partial charge < -0.3 is 18.1 Å². The first-order chi connectivity index (χ1) is 11.1. The summed E-state index contributed by atoms with van der Waals surface area (Å²) in [5.41, 5.74) is 8.31. The summed E-state index contributed by atoms with van der Waals surface area (Å²) in [6, 6.07) is 11.3. The maximum atomic E-state index is 6.09. The number of nitrogen functional groups attached to an aromatic ring is 1. The number of aromatic nitrogens is 3. The fourth-order valence-electron chi connectivity index (χ4n) is 2.04. The molecule has 0 radical (unpaired) electrons. The molecule has 0 fully saturated rings. The third-order valence-electron chi connectivity index (χ3n) is 3.36. The standard InChI is InChI=1S/C16H16ClN6.ClH/c1-22-8-6-12(7-9-22)11-23-16(18)15(10-19-23)21-20-14-5-3-2-4-13(14)17;/h2-10H,11,18H2,1H3;1H/q+1;/p-1/b21-20+;. The molecule has 2 heterocycles. The number of anilines is 1. The first kappa shape index (κ1) is 17.9. The van der Waals surface area contributed by atoms with Crippen LogP contribution in [0.4, 0.5) is 17.2 Å². The van der Waals surface area contributed by atoms with Gasteiger partial charge in [0.05, 0.1) is 17.8 Å². The molecule has 0 spiro atoms. The maximum Gasteiger partial charge on any atom is 0.168 e. The van der Waals surface area contributed by atoms with Crippen LogP contribution in [-0.4, -0.2) is 9.78 Å². The van der Waals surface area contributed by atoms with Crippen molar-refractivity contribution in [2.75, 3.05) is 5.73 Å². The van der Waals surface area contributed by atoms with Crippen molar-refractivity contribution in [2.45, 2.75) is 6.54 Å². The van der Waals surface area contributed by atoms with Crippen LogP contribution < -0.4 is 22.7 Å². The Balaban J connectivity index is 0.00000208. The van der Waals surface area contributed by atoms with Gasteiger partial charge in [0.15, 0.2) is 12.4 Å². The van der Waals surface area contributed by atoms with Gasteiger partial charge >= 0.3 is 0 Å². The average Bonchev–Trinajstić information content (AvgIpc) is 2.89. The van der Waals surface area contributed by atoms with Gasteiger partial charge in [-0.2, -0.15) is 5.10 Å². The van der Waals surface area contributed by atoms with Gasteiger partial charge in [-0.3, -0.25) is 0 Å². The highest BCUT2D eigenvalue weighted by Gasteiger charge is 2.08. The van der Waals surface area contributed by atoms with Crippen molar-refractivity contribution in [3.05, 3.63) is 65.6 Å². The zero-order valence-electron chi connectivity index (χ0n) is 13.0. The molecule has 8 heteroatoms. The molecular weight excluding hydrogens is 347 g/mol. The van der Waals surface area contributed by atoms with Crippen LogP contribution >= 0.6 is 11.6 Å². The van der Waals surface area contributed by atoms with E-state index >= 15 is 0 Å². The predicted octanol–water partition coefficient (Wildman–Crippen LogP) is 0.411.